The number of esters is 1. The second-order valence-corrected chi connectivity index (χ2v) is 6.35. The van der Waals surface area contributed by atoms with Gasteiger partial charge in [0.15, 0.2) is 11.6 Å². The van der Waals surface area contributed by atoms with E-state index in [1.165, 1.54) is 13.3 Å². The van der Waals surface area contributed by atoms with E-state index in [1.807, 2.05) is 19.0 Å². The summed E-state index contributed by atoms with van der Waals surface area (Å²) in [6, 6.07) is 6.97. The number of nitrogens with zero attached hydrogens (tertiary/aromatic N) is 1. The number of likely N-dealkylation sites (N-methyl/N-ethyl adjacent to an activating group) is 1. The molecule has 0 aliphatic heterocycles. The highest BCUT2D eigenvalue weighted by molar-refractivity contribution is 6.22. The van der Waals surface area contributed by atoms with Crippen molar-refractivity contribution in [3.8, 4) is 0 Å². The summed E-state index contributed by atoms with van der Waals surface area (Å²) in [6.45, 7) is 1.47. The van der Waals surface area contributed by atoms with Crippen LogP contribution < -0.4 is 5.32 Å². The second kappa shape index (κ2) is 8.58. The molecular weight excluding hydrogens is 320 g/mol. The van der Waals surface area contributed by atoms with E-state index in [0.29, 0.717) is 17.7 Å². The van der Waals surface area contributed by atoms with Crippen molar-refractivity contribution in [2.45, 2.75) is 18.8 Å². The van der Waals surface area contributed by atoms with Crippen molar-refractivity contribution in [2.24, 2.45) is 0 Å². The number of ketones is 2. The van der Waals surface area contributed by atoms with Crippen LogP contribution in [0, 0.1) is 0 Å². The molecular formula is C19H24N2O4. The third-order valence-corrected chi connectivity index (χ3v) is 4.22. The number of hydrogen-bond donors (Lipinski definition) is 1. The molecule has 25 heavy (non-hydrogen) atoms. The van der Waals surface area contributed by atoms with Crippen molar-refractivity contribution in [3.05, 3.63) is 47.2 Å². The van der Waals surface area contributed by atoms with Gasteiger partial charge in [-0.05, 0) is 31.6 Å². The van der Waals surface area contributed by atoms with Crippen molar-refractivity contribution in [1.29, 1.82) is 0 Å². The van der Waals surface area contributed by atoms with Crippen molar-refractivity contribution in [1.82, 2.24) is 10.2 Å². The molecule has 2 rings (SSSR count). The van der Waals surface area contributed by atoms with Gasteiger partial charge >= 0.3 is 5.97 Å². The number of hydrogen-bond acceptors (Lipinski definition) is 6. The van der Waals surface area contributed by atoms with Crippen LogP contribution in [0.15, 0.2) is 36.0 Å². The van der Waals surface area contributed by atoms with Gasteiger partial charge in [-0.3, -0.25) is 9.59 Å². The minimum absolute atomic E-state index is 0.196. The van der Waals surface area contributed by atoms with Crippen LogP contribution in [0.5, 0.6) is 0 Å². The lowest BCUT2D eigenvalue weighted by molar-refractivity contribution is -0.124. The molecule has 0 bridgehead atoms. The van der Waals surface area contributed by atoms with Crippen LogP contribution in [0.1, 0.15) is 34.7 Å². The molecule has 6 nitrogen and oxygen atoms in total. The Morgan fingerprint density at radius 1 is 1.24 bits per heavy atom. The average molecular weight is 344 g/mol. The molecule has 0 spiro atoms. The SMILES string of the molecule is COC(=O)c1ccccc1C1CC(=O)C(=CNCCN(C)C)C(=O)C1. The van der Waals surface area contributed by atoms with Gasteiger partial charge in [-0.2, -0.15) is 0 Å². The summed E-state index contributed by atoms with van der Waals surface area (Å²) in [5.74, 6) is -1.15. The second-order valence-electron chi connectivity index (χ2n) is 6.35. The van der Waals surface area contributed by atoms with E-state index in [9.17, 15) is 14.4 Å². The molecule has 0 unspecified atom stereocenters. The zero-order chi connectivity index (χ0) is 18.4. The third kappa shape index (κ3) is 4.76. The van der Waals surface area contributed by atoms with Crippen LogP contribution >= 0.6 is 0 Å². The fourth-order valence-corrected chi connectivity index (χ4v) is 2.89. The summed E-state index contributed by atoms with van der Waals surface area (Å²) in [4.78, 5) is 38.7. The number of carbonyl (C=O) groups excluding carboxylic acids is 3. The first-order valence-electron chi connectivity index (χ1n) is 8.26. The standard InChI is InChI=1S/C19H24N2O4/c1-21(2)9-8-20-12-16-17(22)10-13(11-18(16)23)14-6-4-5-7-15(14)19(24)25-3/h4-7,12-13,20H,8-11H2,1-3H3. The number of carbonyl (C=O) groups is 3. The number of Topliss-reactive ketones (excluding diaryl/α,β-unsaturated/α-hetero) is 2. The van der Waals surface area contributed by atoms with Gasteiger partial charge < -0.3 is 15.0 Å². The molecule has 0 amide bonds. The van der Waals surface area contributed by atoms with Gasteiger partial charge in [0.05, 0.1) is 18.2 Å². The van der Waals surface area contributed by atoms with Gasteiger partial charge in [0.25, 0.3) is 0 Å². The summed E-state index contributed by atoms with van der Waals surface area (Å²) in [5.41, 5.74) is 1.31. The number of rotatable bonds is 6. The first kappa shape index (κ1) is 18.9. The molecule has 1 aromatic rings. The van der Waals surface area contributed by atoms with Crippen LogP contribution in [0.2, 0.25) is 0 Å². The summed E-state index contributed by atoms with van der Waals surface area (Å²) in [6.07, 6.45) is 1.94. The van der Waals surface area contributed by atoms with Crippen LogP contribution in [0.4, 0.5) is 0 Å². The topological polar surface area (TPSA) is 75.7 Å². The Morgan fingerprint density at radius 3 is 2.48 bits per heavy atom. The van der Waals surface area contributed by atoms with Crippen LogP contribution in [-0.4, -0.2) is 56.7 Å². The molecule has 0 radical (unpaired) electrons. The number of nitrogens with one attached hydrogen (secondary N) is 1. The lowest BCUT2D eigenvalue weighted by Crippen LogP contribution is -2.29. The van der Waals surface area contributed by atoms with E-state index in [2.05, 4.69) is 5.32 Å². The molecule has 0 aromatic heterocycles. The quantitative estimate of drug-likeness (QED) is 0.365. The maximum absolute atomic E-state index is 12.4. The Morgan fingerprint density at radius 2 is 1.88 bits per heavy atom. The maximum atomic E-state index is 12.4. The van der Waals surface area contributed by atoms with Crippen LogP contribution in [0.25, 0.3) is 0 Å². The Balaban J connectivity index is 2.12. The molecule has 0 saturated heterocycles. The van der Waals surface area contributed by atoms with E-state index in [1.54, 1.807) is 24.3 Å². The van der Waals surface area contributed by atoms with Crippen molar-refractivity contribution in [3.63, 3.8) is 0 Å². The Kier molecular flexibility index (Phi) is 6.47. The van der Waals surface area contributed by atoms with Gasteiger partial charge in [-0.1, -0.05) is 18.2 Å². The number of ether oxygens (including phenoxy) is 1. The fraction of sp³-hybridized carbons (Fsp3) is 0.421. The molecule has 6 heteroatoms. The van der Waals surface area contributed by atoms with Gasteiger partial charge in [0, 0.05) is 32.1 Å². The van der Waals surface area contributed by atoms with Gasteiger partial charge in [-0.25, -0.2) is 4.79 Å². The molecule has 1 saturated carbocycles. The lowest BCUT2D eigenvalue weighted by Gasteiger charge is -2.24. The molecule has 1 aromatic carbocycles. The summed E-state index contributed by atoms with van der Waals surface area (Å²) in [5, 5.41) is 3.02. The molecule has 1 aliphatic rings. The Hall–Kier alpha value is -2.47. The van der Waals surface area contributed by atoms with Crippen LogP contribution in [0.3, 0.4) is 0 Å². The lowest BCUT2D eigenvalue weighted by atomic mass is 9.79. The highest BCUT2D eigenvalue weighted by Crippen LogP contribution is 2.33. The Labute approximate surface area is 147 Å². The largest absolute Gasteiger partial charge is 0.465 e. The number of benzene rings is 1. The predicted octanol–water partition coefficient (Wildman–Crippen LogP) is 1.52. The normalized spacial score (nSPS) is 17.6. The van der Waals surface area contributed by atoms with Gasteiger partial charge in [0.2, 0.25) is 0 Å². The van der Waals surface area contributed by atoms with Crippen LogP contribution in [-0.2, 0) is 14.3 Å². The molecule has 0 atom stereocenters. The molecule has 1 N–H and O–H groups in total. The molecule has 1 aliphatic carbocycles. The average Bonchev–Trinajstić information content (AvgIpc) is 2.59. The molecule has 134 valence electrons. The van der Waals surface area contributed by atoms with E-state index < -0.39 is 5.97 Å². The molecule has 0 heterocycles. The monoisotopic (exact) mass is 344 g/mol. The van der Waals surface area contributed by atoms with E-state index in [4.69, 9.17) is 4.74 Å². The first-order valence-corrected chi connectivity index (χ1v) is 8.26. The van der Waals surface area contributed by atoms with E-state index in [0.717, 1.165) is 6.54 Å². The summed E-state index contributed by atoms with van der Waals surface area (Å²) >= 11 is 0. The minimum Gasteiger partial charge on any atom is -0.465 e. The van der Waals surface area contributed by atoms with Crippen molar-refractivity contribution >= 4 is 17.5 Å². The Bertz CT molecular complexity index is 674. The van der Waals surface area contributed by atoms with E-state index >= 15 is 0 Å². The van der Waals surface area contributed by atoms with Gasteiger partial charge in [-0.15, -0.1) is 0 Å². The zero-order valence-corrected chi connectivity index (χ0v) is 14.9. The third-order valence-electron chi connectivity index (χ3n) is 4.22. The highest BCUT2D eigenvalue weighted by Gasteiger charge is 2.33. The highest BCUT2D eigenvalue weighted by atomic mass is 16.5. The fourth-order valence-electron chi connectivity index (χ4n) is 2.89. The van der Waals surface area contributed by atoms with Crippen molar-refractivity contribution < 1.29 is 19.1 Å². The zero-order valence-electron chi connectivity index (χ0n) is 14.9. The van der Waals surface area contributed by atoms with E-state index in [-0.39, 0.29) is 35.9 Å². The summed E-state index contributed by atoms with van der Waals surface area (Å²) < 4.78 is 4.79. The first-order chi connectivity index (χ1) is 11.9. The van der Waals surface area contributed by atoms with Gasteiger partial charge in [0.1, 0.15) is 0 Å². The maximum Gasteiger partial charge on any atom is 0.338 e. The summed E-state index contributed by atoms with van der Waals surface area (Å²) in [7, 11) is 5.22. The number of methoxy groups -OCH3 is 1. The minimum atomic E-state index is -0.456. The predicted molar refractivity (Wildman–Crippen MR) is 94.4 cm³/mol. The number of allylic oxidation sites excluding steroid dienone is 1. The smallest absolute Gasteiger partial charge is 0.338 e. The molecule has 1 fully saturated rings. The van der Waals surface area contributed by atoms with Crippen molar-refractivity contribution in [2.75, 3.05) is 34.3 Å².